The maximum absolute atomic E-state index is 14.1. The van der Waals surface area contributed by atoms with Gasteiger partial charge in [-0.3, -0.25) is 13.9 Å². The second-order valence-corrected chi connectivity index (χ2v) is 17.7. The van der Waals surface area contributed by atoms with Gasteiger partial charge in [-0.15, -0.1) is 0 Å². The predicted molar refractivity (Wildman–Crippen MR) is 199 cm³/mol. The minimum absolute atomic E-state index is 0.0118. The van der Waals surface area contributed by atoms with E-state index >= 15 is 0 Å². The van der Waals surface area contributed by atoms with Crippen LogP contribution in [0.4, 0.5) is 11.4 Å². The zero-order valence-electron chi connectivity index (χ0n) is 30.7. The number of hydrogen-bond acceptors (Lipinski definition) is 8. The van der Waals surface area contributed by atoms with Crippen molar-refractivity contribution in [2.45, 2.75) is 43.7 Å². The number of likely N-dealkylation sites (N-methyl/N-ethyl adjacent to an activating group) is 2. The van der Waals surface area contributed by atoms with Crippen molar-refractivity contribution in [2.75, 3.05) is 76.1 Å². The molecule has 0 radical (unpaired) electrons. The van der Waals surface area contributed by atoms with Gasteiger partial charge in [0.05, 0.1) is 67.5 Å². The maximum atomic E-state index is 14.1. The number of aliphatic hydroxyl groups excluding tert-OH is 1. The second-order valence-electron chi connectivity index (χ2n) is 15.9. The average molecular weight is 746 g/mol. The van der Waals surface area contributed by atoms with Gasteiger partial charge >= 0.3 is 0 Å². The largest absolute Gasteiger partial charge is 0.543 e. The van der Waals surface area contributed by atoms with E-state index in [1.165, 1.54) is 11.2 Å². The van der Waals surface area contributed by atoms with Gasteiger partial charge in [-0.25, -0.2) is 8.42 Å². The van der Waals surface area contributed by atoms with Gasteiger partial charge in [0.2, 0.25) is 5.91 Å². The summed E-state index contributed by atoms with van der Waals surface area (Å²) in [6.45, 7) is 8.28. The van der Waals surface area contributed by atoms with Crippen LogP contribution in [0, 0.1) is 11.8 Å². The smallest absolute Gasteiger partial charge is 0.279 e. The lowest BCUT2D eigenvalue weighted by molar-refractivity contribution is -1.01. The first kappa shape index (κ1) is 37.0. The highest BCUT2D eigenvalue weighted by atomic mass is 32.2. The Labute approximate surface area is 310 Å². The molecule has 0 spiro atoms. The van der Waals surface area contributed by atoms with Crippen molar-refractivity contribution >= 4 is 50.0 Å². The van der Waals surface area contributed by atoms with Gasteiger partial charge in [0, 0.05) is 23.4 Å². The molecule has 4 aliphatic rings. The minimum Gasteiger partial charge on any atom is -0.543 e. The first-order chi connectivity index (χ1) is 25.1. The van der Waals surface area contributed by atoms with Crippen LogP contribution in [0.25, 0.3) is 10.8 Å². The van der Waals surface area contributed by atoms with Gasteiger partial charge in [0.25, 0.3) is 15.9 Å². The molecule has 282 valence electrons. The first-order valence-corrected chi connectivity index (χ1v) is 19.8. The predicted octanol–water partition coefficient (Wildman–Crippen LogP) is 0.799. The van der Waals surface area contributed by atoms with Crippen molar-refractivity contribution in [3.63, 3.8) is 0 Å². The van der Waals surface area contributed by atoms with Crippen LogP contribution in [0.2, 0.25) is 0 Å². The zero-order chi connectivity index (χ0) is 38.0. The molecule has 14 heteroatoms. The van der Waals surface area contributed by atoms with Crippen molar-refractivity contribution in [1.29, 1.82) is 0 Å². The number of amides is 2. The quantitative estimate of drug-likeness (QED) is 0.181. The summed E-state index contributed by atoms with van der Waals surface area (Å²) in [5.41, 5.74) is 9.07. The summed E-state index contributed by atoms with van der Waals surface area (Å²) in [5.74, 6) is -3.30. The van der Waals surface area contributed by atoms with Crippen molar-refractivity contribution in [3.05, 3.63) is 77.0 Å². The number of rotatable bonds is 12. The normalized spacial score (nSPS) is 27.9. The molecule has 0 saturated carbocycles. The third-order valence-electron chi connectivity index (χ3n) is 12.2. The molecular weight excluding hydrogens is 697 g/mol. The fraction of sp³-hybridized carbons (Fsp3) is 0.462. The molecule has 13 nitrogen and oxygen atoms in total. The monoisotopic (exact) mass is 745 g/mol. The number of fused-ring (bicyclic) bond motifs is 1. The Morgan fingerprint density at radius 2 is 1.74 bits per heavy atom. The van der Waals surface area contributed by atoms with Crippen LogP contribution in [-0.2, 0) is 37.2 Å². The van der Waals surface area contributed by atoms with Gasteiger partial charge in [-0.2, -0.15) is 0 Å². The van der Waals surface area contributed by atoms with Gasteiger partial charge in [-0.1, -0.05) is 37.3 Å². The number of piperazine rings is 1. The fourth-order valence-electron chi connectivity index (χ4n) is 8.95. The number of nitrogens with zero attached hydrogens (tertiary/aromatic N) is 4. The number of carbonyl (C=O) groups is 3. The first-order valence-electron chi connectivity index (χ1n) is 18.4. The molecular formula is C39H49N6O7S+. The summed E-state index contributed by atoms with van der Waals surface area (Å²) >= 11 is 0. The second kappa shape index (κ2) is 13.5. The molecule has 4 aliphatic heterocycles. The molecule has 3 aromatic carbocycles. The van der Waals surface area contributed by atoms with Crippen LogP contribution in [0.15, 0.2) is 70.8 Å². The number of nitrogens with one attached hydrogen (secondary N) is 1. The maximum Gasteiger partial charge on any atom is 0.279 e. The van der Waals surface area contributed by atoms with Crippen molar-refractivity contribution in [1.82, 2.24) is 4.90 Å². The third kappa shape index (κ3) is 6.39. The van der Waals surface area contributed by atoms with E-state index in [9.17, 15) is 33.0 Å². The highest BCUT2D eigenvalue weighted by molar-refractivity contribution is 7.93. The van der Waals surface area contributed by atoms with E-state index in [-0.39, 0.29) is 23.0 Å². The molecule has 2 saturated heterocycles. The number of quaternary nitrogens is 2. The highest BCUT2D eigenvalue weighted by Crippen LogP contribution is 2.49. The molecule has 4 atom stereocenters. The number of hydrogen-bond donors (Lipinski definition) is 3. The number of aliphatic hydroxyl groups is 1. The third-order valence-corrected chi connectivity index (χ3v) is 14.0. The number of aliphatic carboxylic acids is 1. The summed E-state index contributed by atoms with van der Waals surface area (Å²) in [4.78, 5) is 39.6. The number of sulfonamides is 1. The minimum atomic E-state index is -4.04. The van der Waals surface area contributed by atoms with E-state index in [1.54, 1.807) is 19.1 Å². The van der Waals surface area contributed by atoms with E-state index in [4.69, 9.17) is 5.73 Å². The van der Waals surface area contributed by atoms with Gasteiger partial charge in [0.15, 0.2) is 6.54 Å². The lowest BCUT2D eigenvalue weighted by Gasteiger charge is -2.47. The summed E-state index contributed by atoms with van der Waals surface area (Å²) < 4.78 is 30.9. The zero-order valence-corrected chi connectivity index (χ0v) is 31.6. The Balaban J connectivity index is 1.05. The summed E-state index contributed by atoms with van der Waals surface area (Å²) in [6, 6.07) is 16.3. The Kier molecular flexibility index (Phi) is 9.43. The molecule has 4 N–H and O–H groups in total. The number of carbonyl (C=O) groups excluding carboxylic acids is 3. The molecule has 3 unspecified atom stereocenters. The van der Waals surface area contributed by atoms with Crippen molar-refractivity contribution < 1.29 is 42.0 Å². The number of anilines is 2. The van der Waals surface area contributed by atoms with Crippen molar-refractivity contribution in [2.24, 2.45) is 17.6 Å². The summed E-state index contributed by atoms with van der Waals surface area (Å²) in [7, 11) is 0.329. The van der Waals surface area contributed by atoms with Crippen LogP contribution in [0.3, 0.4) is 0 Å². The molecule has 0 bridgehead atoms. The number of nitrogens with two attached hydrogens (primary N) is 1. The lowest BCUT2D eigenvalue weighted by atomic mass is 9.78. The molecule has 53 heavy (non-hydrogen) atoms. The summed E-state index contributed by atoms with van der Waals surface area (Å²) in [5, 5.41) is 27.1. The van der Waals surface area contributed by atoms with E-state index in [1.807, 2.05) is 42.5 Å². The standard InChI is InChI=1S/C39H48N6O7S/c1-24-30(37(39(49)50)43-36(24)34(25(2)46)38(43)48)22-42-31-10-6-9-29-27(11-12-32(35(29)31)53(42,51)52)14-16-44(3)17-19-45(4,20-18-44)23-33(47)41-28-8-5-7-26(21-28)13-15-40/h5-12,21,24-25,34,36,46H,13-20,22-23,40H2,1-4H3/p+1/t24-,25?,34?,36?,44?,45?/m0/s1. The van der Waals surface area contributed by atoms with Gasteiger partial charge in [0.1, 0.15) is 26.2 Å². The number of carboxylic acids is 1. The highest BCUT2D eigenvalue weighted by Gasteiger charge is 2.59. The number of benzene rings is 3. The van der Waals surface area contributed by atoms with Crippen LogP contribution >= 0.6 is 0 Å². The number of β-lactam (4-membered cyclic amide) rings is 1. The van der Waals surface area contributed by atoms with E-state index < -0.39 is 45.9 Å². The topological polar surface area (TPSA) is 173 Å². The lowest BCUT2D eigenvalue weighted by Crippen LogP contribution is -2.65. The van der Waals surface area contributed by atoms with Gasteiger partial charge < -0.3 is 39.9 Å². The average Bonchev–Trinajstić information content (AvgIpc) is 3.47. The van der Waals surface area contributed by atoms with Gasteiger partial charge in [-0.05, 0) is 66.2 Å². The van der Waals surface area contributed by atoms with Crippen LogP contribution in [0.5, 0.6) is 0 Å². The SMILES string of the molecule is CC(O)C1C(=O)N2C(C(=O)[O-])=C(CN3c4cccc5c(CC[N+]6(C)CC[N+](C)(CC(=O)Nc7cccc(CCN)c7)CC6)ccc(c45)S3(=O)=O)[C@H](C)C12. The molecule has 3 aromatic rings. The Bertz CT molecular complexity index is 2140. The molecule has 2 amide bonds. The van der Waals surface area contributed by atoms with Crippen molar-refractivity contribution in [3.8, 4) is 0 Å². The Hall–Kier alpha value is -4.34. The van der Waals surface area contributed by atoms with Crippen LogP contribution in [0.1, 0.15) is 25.0 Å². The van der Waals surface area contributed by atoms with Crippen LogP contribution in [-0.4, -0.2) is 124 Å². The number of carboxylic acid groups (broad SMARTS) is 1. The molecule has 0 aliphatic carbocycles. The fourth-order valence-corrected chi connectivity index (χ4v) is 10.6. The summed E-state index contributed by atoms with van der Waals surface area (Å²) in [6.07, 6.45) is 0.505. The Morgan fingerprint density at radius 1 is 1.04 bits per heavy atom. The molecule has 2 fully saturated rings. The van der Waals surface area contributed by atoms with Crippen LogP contribution < -0.4 is 20.5 Å². The molecule has 4 heterocycles. The van der Waals surface area contributed by atoms with E-state index in [0.717, 1.165) is 77.1 Å². The van der Waals surface area contributed by atoms with E-state index in [2.05, 4.69) is 19.4 Å². The molecule has 7 rings (SSSR count). The van der Waals surface area contributed by atoms with E-state index in [0.29, 0.717) is 34.2 Å². The Morgan fingerprint density at radius 3 is 2.42 bits per heavy atom. The molecule has 0 aromatic heterocycles.